The molecule has 0 saturated carbocycles. The predicted molar refractivity (Wildman–Crippen MR) is 148 cm³/mol. The Morgan fingerprint density at radius 1 is 0.556 bits per heavy atom. The van der Waals surface area contributed by atoms with E-state index >= 15 is 0 Å². The highest BCUT2D eigenvalue weighted by atomic mass is 16.3. The summed E-state index contributed by atoms with van der Waals surface area (Å²) in [5, 5.41) is 4.52. The minimum atomic E-state index is 0.854. The maximum atomic E-state index is 6.69. The van der Waals surface area contributed by atoms with Crippen molar-refractivity contribution < 1.29 is 4.42 Å². The average Bonchev–Trinajstić information content (AvgIpc) is 3.33. The molecule has 3 heteroatoms. The first-order chi connectivity index (χ1) is 17.8. The lowest BCUT2D eigenvalue weighted by atomic mass is 9.96. The number of aromatic nitrogens is 2. The van der Waals surface area contributed by atoms with Crippen LogP contribution in [0.3, 0.4) is 0 Å². The third-order valence-corrected chi connectivity index (χ3v) is 6.96. The van der Waals surface area contributed by atoms with Gasteiger partial charge in [-0.05, 0) is 52.8 Å². The second-order valence-electron chi connectivity index (χ2n) is 9.12. The molecule has 36 heavy (non-hydrogen) atoms. The van der Waals surface area contributed by atoms with Crippen molar-refractivity contribution in [3.05, 3.63) is 121 Å². The van der Waals surface area contributed by atoms with E-state index in [0.29, 0.717) is 0 Å². The van der Waals surface area contributed by atoms with E-state index in [1.165, 1.54) is 10.9 Å². The number of hydrogen-bond donors (Lipinski definition) is 0. The van der Waals surface area contributed by atoms with Gasteiger partial charge in [-0.1, -0.05) is 78.9 Å². The zero-order valence-corrected chi connectivity index (χ0v) is 19.8. The molecule has 7 rings (SSSR count). The van der Waals surface area contributed by atoms with E-state index in [2.05, 4.69) is 96.8 Å². The predicted octanol–water partition coefficient (Wildman–Crippen LogP) is 8.84. The smallest absolute Gasteiger partial charge is 0.144 e. The van der Waals surface area contributed by atoms with E-state index in [0.717, 1.165) is 60.8 Å². The van der Waals surface area contributed by atoms with Crippen LogP contribution in [0, 0.1) is 6.92 Å². The first-order valence-corrected chi connectivity index (χ1v) is 12.1. The van der Waals surface area contributed by atoms with Crippen LogP contribution in [-0.2, 0) is 0 Å². The molecule has 0 N–H and O–H groups in total. The molecule has 0 fully saturated rings. The Morgan fingerprint density at radius 3 is 2.06 bits per heavy atom. The van der Waals surface area contributed by atoms with Gasteiger partial charge in [-0.15, -0.1) is 0 Å². The second kappa shape index (κ2) is 8.17. The Morgan fingerprint density at radius 2 is 1.25 bits per heavy atom. The minimum Gasteiger partial charge on any atom is -0.455 e. The van der Waals surface area contributed by atoms with Gasteiger partial charge in [0.2, 0.25) is 0 Å². The summed E-state index contributed by atoms with van der Waals surface area (Å²) in [5.41, 5.74) is 9.28. The second-order valence-corrected chi connectivity index (χ2v) is 9.12. The Balaban J connectivity index is 1.47. The van der Waals surface area contributed by atoms with Crippen LogP contribution in [0.1, 0.15) is 5.56 Å². The van der Waals surface area contributed by atoms with Crippen LogP contribution in [-0.4, -0.2) is 9.97 Å². The van der Waals surface area contributed by atoms with E-state index < -0.39 is 0 Å². The van der Waals surface area contributed by atoms with Gasteiger partial charge < -0.3 is 4.42 Å². The van der Waals surface area contributed by atoms with Gasteiger partial charge in [-0.3, -0.25) is 9.97 Å². The lowest BCUT2D eigenvalue weighted by Gasteiger charge is -2.08. The topological polar surface area (TPSA) is 38.9 Å². The largest absolute Gasteiger partial charge is 0.455 e. The van der Waals surface area contributed by atoms with Crippen LogP contribution in [0.5, 0.6) is 0 Å². The Kier molecular flexibility index (Phi) is 4.68. The number of para-hydroxylation sites is 2. The molecule has 0 aliphatic rings. The molecule has 0 radical (unpaired) electrons. The lowest BCUT2D eigenvalue weighted by Crippen LogP contribution is -1.86. The van der Waals surface area contributed by atoms with E-state index in [-0.39, 0.29) is 0 Å². The highest BCUT2D eigenvalue weighted by molar-refractivity contribution is 6.14. The Labute approximate surface area is 208 Å². The van der Waals surface area contributed by atoms with Crippen molar-refractivity contribution in [1.82, 2.24) is 9.97 Å². The van der Waals surface area contributed by atoms with Crippen molar-refractivity contribution in [2.75, 3.05) is 0 Å². The summed E-state index contributed by atoms with van der Waals surface area (Å²) in [6, 6.07) is 33.7. The molecule has 0 aliphatic heterocycles. The normalized spacial score (nSPS) is 11.5. The van der Waals surface area contributed by atoms with Crippen LogP contribution >= 0.6 is 0 Å². The molecule has 3 nitrogen and oxygen atoms in total. The summed E-state index contributed by atoms with van der Waals surface area (Å²) >= 11 is 0. The fraction of sp³-hybridized carbons (Fsp3) is 0.0303. The van der Waals surface area contributed by atoms with Crippen LogP contribution in [0.25, 0.3) is 66.2 Å². The van der Waals surface area contributed by atoms with Crippen LogP contribution in [0.2, 0.25) is 0 Å². The molecule has 0 saturated heterocycles. The molecule has 0 amide bonds. The third kappa shape index (κ3) is 3.21. The fourth-order valence-corrected chi connectivity index (χ4v) is 5.20. The molecular weight excluding hydrogens is 440 g/mol. The van der Waals surface area contributed by atoms with Crippen LogP contribution in [0.15, 0.2) is 120 Å². The number of rotatable bonds is 3. The molecule has 0 spiro atoms. The molecule has 0 aliphatic carbocycles. The summed E-state index contributed by atoms with van der Waals surface area (Å²) in [6.45, 7) is 2.10. The maximum Gasteiger partial charge on any atom is 0.144 e. The zero-order valence-electron chi connectivity index (χ0n) is 19.8. The number of furan rings is 1. The summed E-state index contributed by atoms with van der Waals surface area (Å²) in [7, 11) is 0. The third-order valence-electron chi connectivity index (χ3n) is 6.96. The summed E-state index contributed by atoms with van der Waals surface area (Å²) in [4.78, 5) is 9.19. The SMILES string of the molecule is Cc1cncc2c(-c3cccc4c3oc3c(-c5cc(-c6ccccc6)ccn5)cccc34)cccc12. The van der Waals surface area contributed by atoms with E-state index in [4.69, 9.17) is 9.40 Å². The first kappa shape index (κ1) is 20.6. The lowest BCUT2D eigenvalue weighted by molar-refractivity contribution is 0.671. The highest BCUT2D eigenvalue weighted by Crippen LogP contribution is 2.41. The quantitative estimate of drug-likeness (QED) is 0.263. The van der Waals surface area contributed by atoms with Gasteiger partial charge in [-0.2, -0.15) is 0 Å². The summed E-state index contributed by atoms with van der Waals surface area (Å²) < 4.78 is 6.69. The number of benzene rings is 4. The van der Waals surface area contributed by atoms with E-state index in [1.54, 1.807) is 0 Å². The van der Waals surface area contributed by atoms with Gasteiger partial charge in [0.05, 0.1) is 5.69 Å². The number of pyridine rings is 2. The number of hydrogen-bond acceptors (Lipinski definition) is 3. The van der Waals surface area contributed by atoms with Crippen molar-refractivity contribution in [2.24, 2.45) is 0 Å². The fourth-order valence-electron chi connectivity index (χ4n) is 5.20. The van der Waals surface area contributed by atoms with Crippen molar-refractivity contribution in [3.63, 3.8) is 0 Å². The van der Waals surface area contributed by atoms with Gasteiger partial charge in [0.1, 0.15) is 11.2 Å². The molecule has 0 bridgehead atoms. The van der Waals surface area contributed by atoms with Crippen molar-refractivity contribution in [3.8, 4) is 33.5 Å². The summed E-state index contributed by atoms with van der Waals surface area (Å²) in [5.74, 6) is 0. The number of fused-ring (bicyclic) bond motifs is 4. The van der Waals surface area contributed by atoms with Crippen molar-refractivity contribution in [1.29, 1.82) is 0 Å². The van der Waals surface area contributed by atoms with Crippen LogP contribution in [0.4, 0.5) is 0 Å². The van der Waals surface area contributed by atoms with E-state index in [9.17, 15) is 0 Å². The molecule has 4 aromatic carbocycles. The number of nitrogens with zero attached hydrogens (tertiary/aromatic N) is 2. The molecule has 3 aromatic heterocycles. The molecule has 0 atom stereocenters. The number of aryl methyl sites for hydroxylation is 1. The van der Waals surface area contributed by atoms with Crippen molar-refractivity contribution >= 4 is 32.7 Å². The average molecular weight is 463 g/mol. The van der Waals surface area contributed by atoms with Gasteiger partial charge in [-0.25, -0.2) is 0 Å². The van der Waals surface area contributed by atoms with Gasteiger partial charge >= 0.3 is 0 Å². The maximum absolute atomic E-state index is 6.69. The van der Waals surface area contributed by atoms with Gasteiger partial charge in [0.15, 0.2) is 0 Å². The standard InChI is InChI=1S/C33H22N2O/c1-21-19-34-20-30-24(21)10-5-11-25(30)26-12-6-13-27-28-14-7-15-29(33(28)36-32(26)27)31-18-23(16-17-35-31)22-8-3-2-4-9-22/h2-20H,1H3. The molecular formula is C33H22N2O. The Hall–Kier alpha value is -4.76. The molecule has 0 unspecified atom stereocenters. The van der Waals surface area contributed by atoms with Crippen molar-refractivity contribution in [2.45, 2.75) is 6.92 Å². The molecule has 3 heterocycles. The van der Waals surface area contributed by atoms with Gasteiger partial charge in [0.25, 0.3) is 0 Å². The minimum absolute atomic E-state index is 0.854. The molecule has 7 aromatic rings. The Bertz CT molecular complexity index is 1900. The van der Waals surface area contributed by atoms with Crippen LogP contribution < -0.4 is 0 Å². The van der Waals surface area contributed by atoms with E-state index in [1.807, 2.05) is 30.7 Å². The monoisotopic (exact) mass is 462 g/mol. The highest BCUT2D eigenvalue weighted by Gasteiger charge is 2.17. The summed E-state index contributed by atoms with van der Waals surface area (Å²) in [6.07, 6.45) is 5.73. The zero-order chi connectivity index (χ0) is 24.1. The molecule has 170 valence electrons. The van der Waals surface area contributed by atoms with Gasteiger partial charge in [0, 0.05) is 45.9 Å². The first-order valence-electron chi connectivity index (χ1n) is 12.1.